The van der Waals surface area contributed by atoms with E-state index in [4.69, 9.17) is 5.84 Å². The molecule has 4 nitrogen and oxygen atoms in total. The number of nitrogens with zero attached hydrogens (tertiary/aromatic N) is 2. The van der Waals surface area contributed by atoms with E-state index < -0.39 is 0 Å². The van der Waals surface area contributed by atoms with E-state index in [1.165, 1.54) is 5.56 Å². The molecule has 0 saturated carbocycles. The third kappa shape index (κ3) is 3.87. The summed E-state index contributed by atoms with van der Waals surface area (Å²) in [7, 11) is 0. The molecule has 0 radical (unpaired) electrons. The Balaban J connectivity index is 1.86. The van der Waals surface area contributed by atoms with Crippen LogP contribution in [0.1, 0.15) is 22.7 Å². The van der Waals surface area contributed by atoms with Gasteiger partial charge in [-0.1, -0.05) is 6.07 Å². The Kier molecular flexibility index (Phi) is 4.81. The number of nitrogens with one attached hydrogen (secondary N) is 1. The van der Waals surface area contributed by atoms with Crippen LogP contribution in [-0.4, -0.2) is 16.0 Å². The van der Waals surface area contributed by atoms with Gasteiger partial charge in [0.25, 0.3) is 0 Å². The number of thiazole rings is 1. The van der Waals surface area contributed by atoms with Gasteiger partial charge in [-0.25, -0.2) is 4.98 Å². The molecular weight excluding hydrogens is 244 g/mol. The first kappa shape index (κ1) is 13.1. The van der Waals surface area contributed by atoms with Crippen LogP contribution in [0.2, 0.25) is 0 Å². The number of hydrogen-bond acceptors (Lipinski definition) is 5. The first-order valence-electron chi connectivity index (χ1n) is 6.04. The van der Waals surface area contributed by atoms with Crippen molar-refractivity contribution in [2.45, 2.75) is 32.2 Å². The molecule has 2 heterocycles. The van der Waals surface area contributed by atoms with Crippen LogP contribution < -0.4 is 11.3 Å². The maximum atomic E-state index is 5.60. The van der Waals surface area contributed by atoms with Gasteiger partial charge in [0.15, 0.2) is 0 Å². The molecule has 3 N–H and O–H groups in total. The summed E-state index contributed by atoms with van der Waals surface area (Å²) in [5, 5.41) is 3.21. The van der Waals surface area contributed by atoms with Gasteiger partial charge in [-0.15, -0.1) is 11.3 Å². The highest BCUT2D eigenvalue weighted by Crippen LogP contribution is 2.12. The van der Waals surface area contributed by atoms with E-state index in [-0.39, 0.29) is 6.04 Å². The van der Waals surface area contributed by atoms with Crippen molar-refractivity contribution in [2.24, 2.45) is 5.84 Å². The topological polar surface area (TPSA) is 63.8 Å². The summed E-state index contributed by atoms with van der Waals surface area (Å²) in [6, 6.07) is 4.31. The van der Waals surface area contributed by atoms with Gasteiger partial charge in [0.05, 0.1) is 10.7 Å². The predicted octanol–water partition coefficient (Wildman–Crippen LogP) is 1.85. The molecule has 0 spiro atoms. The van der Waals surface area contributed by atoms with E-state index in [0.29, 0.717) is 0 Å². The van der Waals surface area contributed by atoms with Gasteiger partial charge in [0, 0.05) is 30.2 Å². The third-order valence-corrected chi connectivity index (χ3v) is 3.68. The fourth-order valence-corrected chi connectivity index (χ4v) is 2.51. The largest absolute Gasteiger partial charge is 0.271 e. The van der Waals surface area contributed by atoms with Crippen molar-refractivity contribution in [3.05, 3.63) is 46.2 Å². The van der Waals surface area contributed by atoms with Gasteiger partial charge in [0.2, 0.25) is 0 Å². The lowest BCUT2D eigenvalue weighted by Gasteiger charge is -2.14. The zero-order valence-corrected chi connectivity index (χ0v) is 11.3. The van der Waals surface area contributed by atoms with Crippen LogP contribution in [0.3, 0.4) is 0 Å². The maximum Gasteiger partial charge on any atom is 0.0897 e. The number of rotatable bonds is 6. The van der Waals surface area contributed by atoms with Gasteiger partial charge in [-0.05, 0) is 31.4 Å². The molecule has 0 aliphatic heterocycles. The molecule has 0 amide bonds. The molecule has 5 heteroatoms. The van der Waals surface area contributed by atoms with Crippen molar-refractivity contribution in [3.63, 3.8) is 0 Å². The highest BCUT2D eigenvalue weighted by Gasteiger charge is 2.10. The monoisotopic (exact) mass is 262 g/mol. The predicted molar refractivity (Wildman–Crippen MR) is 74.2 cm³/mol. The third-order valence-electron chi connectivity index (χ3n) is 2.86. The van der Waals surface area contributed by atoms with Crippen LogP contribution in [-0.2, 0) is 12.8 Å². The summed E-state index contributed by atoms with van der Waals surface area (Å²) in [6.45, 7) is 2.02. The SMILES string of the molecule is Cc1nc(CC(CCc2cccnc2)NN)cs1. The highest BCUT2D eigenvalue weighted by atomic mass is 32.1. The molecule has 2 rings (SSSR count). The minimum Gasteiger partial charge on any atom is -0.271 e. The second-order valence-corrected chi connectivity index (χ2v) is 5.39. The summed E-state index contributed by atoms with van der Waals surface area (Å²) in [6.07, 6.45) is 6.53. The van der Waals surface area contributed by atoms with Crippen molar-refractivity contribution in [1.82, 2.24) is 15.4 Å². The van der Waals surface area contributed by atoms with Crippen molar-refractivity contribution < 1.29 is 0 Å². The first-order chi connectivity index (χ1) is 8.78. The van der Waals surface area contributed by atoms with Crippen molar-refractivity contribution in [3.8, 4) is 0 Å². The zero-order valence-electron chi connectivity index (χ0n) is 10.5. The summed E-state index contributed by atoms with van der Waals surface area (Å²) in [5.74, 6) is 5.60. The van der Waals surface area contributed by atoms with E-state index >= 15 is 0 Å². The quantitative estimate of drug-likeness (QED) is 0.616. The minimum atomic E-state index is 0.256. The molecule has 0 bridgehead atoms. The second-order valence-electron chi connectivity index (χ2n) is 4.33. The number of hydrogen-bond donors (Lipinski definition) is 2. The summed E-state index contributed by atoms with van der Waals surface area (Å²) in [4.78, 5) is 8.58. The van der Waals surface area contributed by atoms with Crippen LogP contribution >= 0.6 is 11.3 Å². The van der Waals surface area contributed by atoms with E-state index in [1.54, 1.807) is 17.5 Å². The number of aromatic nitrogens is 2. The summed E-state index contributed by atoms with van der Waals surface area (Å²) < 4.78 is 0. The molecule has 2 aromatic rings. The van der Waals surface area contributed by atoms with Crippen LogP contribution in [0.5, 0.6) is 0 Å². The van der Waals surface area contributed by atoms with Gasteiger partial charge in [0.1, 0.15) is 0 Å². The van der Waals surface area contributed by atoms with Crippen LogP contribution in [0.15, 0.2) is 29.9 Å². The maximum absolute atomic E-state index is 5.60. The van der Waals surface area contributed by atoms with Gasteiger partial charge < -0.3 is 0 Å². The minimum absolute atomic E-state index is 0.256. The highest BCUT2D eigenvalue weighted by molar-refractivity contribution is 7.09. The lowest BCUT2D eigenvalue weighted by atomic mass is 10.0. The standard InChI is InChI=1S/C13H18N4S/c1-10-16-13(9-18-10)7-12(17-14)5-4-11-3-2-6-15-8-11/h2-3,6,8-9,12,17H,4-5,7,14H2,1H3. The number of pyridine rings is 1. The Morgan fingerprint density at radius 1 is 1.50 bits per heavy atom. The smallest absolute Gasteiger partial charge is 0.0897 e. The molecule has 0 saturated heterocycles. The van der Waals surface area contributed by atoms with Gasteiger partial charge >= 0.3 is 0 Å². The summed E-state index contributed by atoms with van der Waals surface area (Å²) >= 11 is 1.68. The first-order valence-corrected chi connectivity index (χ1v) is 6.92. The van der Waals surface area contributed by atoms with E-state index in [1.807, 2.05) is 19.2 Å². The number of hydrazine groups is 1. The van der Waals surface area contributed by atoms with Crippen LogP contribution in [0.25, 0.3) is 0 Å². The number of nitrogens with two attached hydrogens (primary N) is 1. The normalized spacial score (nSPS) is 12.6. The molecule has 96 valence electrons. The molecule has 1 unspecified atom stereocenters. The van der Waals surface area contributed by atoms with Crippen molar-refractivity contribution in [1.29, 1.82) is 0 Å². The fraction of sp³-hybridized carbons (Fsp3) is 0.385. The Bertz CT molecular complexity index is 469. The van der Waals surface area contributed by atoms with Crippen LogP contribution in [0.4, 0.5) is 0 Å². The van der Waals surface area contributed by atoms with Gasteiger partial charge in [-0.2, -0.15) is 0 Å². The fourth-order valence-electron chi connectivity index (χ4n) is 1.89. The Labute approximate surface area is 111 Å². The van der Waals surface area contributed by atoms with E-state index in [0.717, 1.165) is 30.0 Å². The molecule has 0 fully saturated rings. The molecule has 2 aromatic heterocycles. The molecule has 0 aliphatic carbocycles. The van der Waals surface area contributed by atoms with Crippen LogP contribution in [0, 0.1) is 6.92 Å². The lowest BCUT2D eigenvalue weighted by molar-refractivity contribution is 0.487. The Hall–Kier alpha value is -1.30. The molecular formula is C13H18N4S. The molecule has 1 atom stereocenters. The number of aryl methyl sites for hydroxylation is 2. The van der Waals surface area contributed by atoms with Crippen molar-refractivity contribution in [2.75, 3.05) is 0 Å². The molecule has 0 aliphatic rings. The summed E-state index contributed by atoms with van der Waals surface area (Å²) in [5.41, 5.74) is 5.23. The average Bonchev–Trinajstić information content (AvgIpc) is 2.81. The Morgan fingerprint density at radius 3 is 3.00 bits per heavy atom. The lowest BCUT2D eigenvalue weighted by Crippen LogP contribution is -2.37. The Morgan fingerprint density at radius 2 is 2.39 bits per heavy atom. The van der Waals surface area contributed by atoms with E-state index in [9.17, 15) is 0 Å². The van der Waals surface area contributed by atoms with Gasteiger partial charge in [-0.3, -0.25) is 16.3 Å². The van der Waals surface area contributed by atoms with E-state index in [2.05, 4.69) is 26.8 Å². The average molecular weight is 262 g/mol. The molecule has 0 aromatic carbocycles. The second kappa shape index (κ2) is 6.58. The van der Waals surface area contributed by atoms with Crippen molar-refractivity contribution >= 4 is 11.3 Å². The molecule has 18 heavy (non-hydrogen) atoms. The zero-order chi connectivity index (χ0) is 12.8.